The molecule has 1 amide bonds. The Morgan fingerprint density at radius 3 is 1.96 bits per heavy atom. The Morgan fingerprint density at radius 2 is 1.48 bits per heavy atom. The second-order valence-electron chi connectivity index (χ2n) is 7.30. The molecule has 142 valence electrons. The number of nitrogens with zero attached hydrogens (tertiary/aromatic N) is 1. The zero-order valence-electron chi connectivity index (χ0n) is 15.7. The van der Waals surface area contributed by atoms with Crippen molar-refractivity contribution in [2.24, 2.45) is 5.16 Å². The van der Waals surface area contributed by atoms with Crippen molar-refractivity contribution in [3.8, 4) is 0 Å². The van der Waals surface area contributed by atoms with E-state index in [9.17, 15) is 9.59 Å². The Bertz CT molecular complexity index is 832. The fourth-order valence-corrected chi connectivity index (χ4v) is 2.55. The van der Waals surface area contributed by atoms with Crippen LogP contribution in [0.5, 0.6) is 0 Å². The third-order valence-electron chi connectivity index (χ3n) is 4.19. The van der Waals surface area contributed by atoms with E-state index in [2.05, 4.69) is 31.2 Å². The van der Waals surface area contributed by atoms with Gasteiger partial charge in [0.2, 0.25) is 0 Å². The van der Waals surface area contributed by atoms with Crippen molar-refractivity contribution >= 4 is 23.3 Å². The smallest absolute Gasteiger partial charge is 0.303 e. The van der Waals surface area contributed by atoms with Crippen LogP contribution >= 0.6 is 0 Å². The summed E-state index contributed by atoms with van der Waals surface area (Å²) in [5.74, 6) is -1.18. The molecule has 6 heteroatoms. The highest BCUT2D eigenvalue weighted by Gasteiger charge is 2.14. The lowest BCUT2D eigenvalue weighted by Gasteiger charge is -2.19. The van der Waals surface area contributed by atoms with Gasteiger partial charge in [-0.15, -0.1) is 0 Å². The highest BCUT2D eigenvalue weighted by Crippen LogP contribution is 2.22. The molecule has 0 saturated carbocycles. The van der Waals surface area contributed by atoms with E-state index in [1.165, 1.54) is 0 Å². The van der Waals surface area contributed by atoms with Crippen LogP contribution in [0.4, 0.5) is 5.69 Å². The van der Waals surface area contributed by atoms with E-state index in [0.717, 1.165) is 5.56 Å². The zero-order valence-corrected chi connectivity index (χ0v) is 15.7. The number of carbonyl (C=O) groups is 2. The quantitative estimate of drug-likeness (QED) is 0.402. The number of nitrogens with one attached hydrogen (secondary N) is 1. The molecule has 0 bridgehead atoms. The molecule has 0 saturated heterocycles. The fraction of sp³-hybridized carbons (Fsp3) is 0.286. The number of hydrogen-bond donors (Lipinski definition) is 3. The van der Waals surface area contributed by atoms with Gasteiger partial charge in [-0.1, -0.05) is 50.2 Å². The first-order chi connectivity index (χ1) is 12.7. The Hall–Kier alpha value is -3.15. The average molecular weight is 368 g/mol. The Kier molecular flexibility index (Phi) is 6.34. The number of amides is 1. The normalized spacial score (nSPS) is 11.9. The minimum absolute atomic E-state index is 0.0252. The molecular formula is C21H24N2O4. The van der Waals surface area contributed by atoms with Crippen LogP contribution in [0.2, 0.25) is 0 Å². The summed E-state index contributed by atoms with van der Waals surface area (Å²) in [4.78, 5) is 23.0. The van der Waals surface area contributed by atoms with Gasteiger partial charge >= 0.3 is 5.97 Å². The van der Waals surface area contributed by atoms with Crippen molar-refractivity contribution in [2.45, 2.75) is 39.0 Å². The van der Waals surface area contributed by atoms with E-state index in [0.29, 0.717) is 16.8 Å². The second kappa shape index (κ2) is 8.49. The molecule has 27 heavy (non-hydrogen) atoms. The number of oxime groups is 1. The largest absolute Gasteiger partial charge is 0.481 e. The van der Waals surface area contributed by atoms with Crippen molar-refractivity contribution in [3.63, 3.8) is 0 Å². The molecule has 0 unspecified atom stereocenters. The first-order valence-corrected chi connectivity index (χ1v) is 8.66. The number of carboxylic acids is 1. The number of rotatable bonds is 6. The molecule has 0 aromatic heterocycles. The summed E-state index contributed by atoms with van der Waals surface area (Å²) in [6.07, 6.45) is 0.000106. The van der Waals surface area contributed by atoms with Gasteiger partial charge in [-0.2, -0.15) is 0 Å². The molecule has 2 rings (SSSR count). The van der Waals surface area contributed by atoms with Crippen molar-refractivity contribution < 1.29 is 19.9 Å². The first-order valence-electron chi connectivity index (χ1n) is 8.66. The zero-order chi connectivity index (χ0) is 20.0. The summed E-state index contributed by atoms with van der Waals surface area (Å²) in [7, 11) is 0. The standard InChI is InChI=1S/C21H24N2O4/c1-21(2,3)16-8-4-15(5-9-16)20(26)22-17-10-6-14(7-11-17)18(23-27)12-13-19(24)25/h4-11,27H,12-13H2,1-3H3,(H,22,26)(H,24,25). The molecule has 0 fully saturated rings. The third-order valence-corrected chi connectivity index (χ3v) is 4.19. The van der Waals surface area contributed by atoms with Gasteiger partial charge in [-0.05, 0) is 40.8 Å². The summed E-state index contributed by atoms with van der Waals surface area (Å²) in [5, 5.41) is 23.8. The Labute approximate surface area is 158 Å². The van der Waals surface area contributed by atoms with Crippen LogP contribution < -0.4 is 5.32 Å². The van der Waals surface area contributed by atoms with Gasteiger partial charge in [-0.3, -0.25) is 9.59 Å². The highest BCUT2D eigenvalue weighted by molar-refractivity contribution is 6.05. The topological polar surface area (TPSA) is 99.0 Å². The fourth-order valence-electron chi connectivity index (χ4n) is 2.55. The second-order valence-corrected chi connectivity index (χ2v) is 7.30. The van der Waals surface area contributed by atoms with Crippen LogP contribution in [0.1, 0.15) is 55.1 Å². The average Bonchev–Trinajstić information content (AvgIpc) is 2.62. The van der Waals surface area contributed by atoms with Gasteiger partial charge in [-0.25, -0.2) is 0 Å². The highest BCUT2D eigenvalue weighted by atomic mass is 16.4. The summed E-state index contributed by atoms with van der Waals surface area (Å²) in [5.41, 5.74) is 3.22. The predicted molar refractivity (Wildman–Crippen MR) is 105 cm³/mol. The van der Waals surface area contributed by atoms with E-state index in [-0.39, 0.29) is 29.9 Å². The molecule has 6 nitrogen and oxygen atoms in total. The lowest BCUT2D eigenvalue weighted by atomic mass is 9.87. The predicted octanol–water partition coefficient (Wildman–Crippen LogP) is 4.28. The minimum atomic E-state index is -0.961. The first kappa shape index (κ1) is 20.2. The molecular weight excluding hydrogens is 344 g/mol. The van der Waals surface area contributed by atoms with Crippen LogP contribution in [-0.4, -0.2) is 27.9 Å². The molecule has 2 aromatic carbocycles. The van der Waals surface area contributed by atoms with Gasteiger partial charge in [0.1, 0.15) is 0 Å². The maximum Gasteiger partial charge on any atom is 0.303 e. The molecule has 0 aliphatic rings. The number of anilines is 1. The van der Waals surface area contributed by atoms with Gasteiger partial charge in [0, 0.05) is 17.7 Å². The van der Waals surface area contributed by atoms with E-state index < -0.39 is 5.97 Å². The number of aliphatic carboxylic acids is 1. The van der Waals surface area contributed by atoms with Crippen LogP contribution in [-0.2, 0) is 10.2 Å². The molecule has 3 N–H and O–H groups in total. The molecule has 0 radical (unpaired) electrons. The Balaban J connectivity index is 2.05. The summed E-state index contributed by atoms with van der Waals surface area (Å²) in [6.45, 7) is 6.35. The molecule has 0 aliphatic carbocycles. The van der Waals surface area contributed by atoms with Gasteiger partial charge in [0.15, 0.2) is 0 Å². The van der Waals surface area contributed by atoms with Crippen molar-refractivity contribution in [3.05, 3.63) is 65.2 Å². The molecule has 2 aromatic rings. The molecule has 0 heterocycles. The molecule has 0 atom stereocenters. The lowest BCUT2D eigenvalue weighted by Crippen LogP contribution is -2.14. The van der Waals surface area contributed by atoms with Crippen molar-refractivity contribution in [1.82, 2.24) is 0 Å². The minimum Gasteiger partial charge on any atom is -0.481 e. The van der Waals surface area contributed by atoms with E-state index in [4.69, 9.17) is 10.3 Å². The molecule has 0 aliphatic heterocycles. The monoisotopic (exact) mass is 368 g/mol. The van der Waals surface area contributed by atoms with Gasteiger partial charge in [0.05, 0.1) is 12.1 Å². The van der Waals surface area contributed by atoms with Gasteiger partial charge in [0.25, 0.3) is 5.91 Å². The summed E-state index contributed by atoms with van der Waals surface area (Å²) < 4.78 is 0. The number of carboxylic acid groups (broad SMARTS) is 1. The van der Waals surface area contributed by atoms with Crippen LogP contribution in [0.25, 0.3) is 0 Å². The summed E-state index contributed by atoms with van der Waals surface area (Å²) >= 11 is 0. The maximum absolute atomic E-state index is 12.4. The van der Waals surface area contributed by atoms with Gasteiger partial charge < -0.3 is 15.6 Å². The van der Waals surface area contributed by atoms with E-state index in [1.54, 1.807) is 36.4 Å². The van der Waals surface area contributed by atoms with E-state index in [1.807, 2.05) is 12.1 Å². The summed E-state index contributed by atoms with van der Waals surface area (Å²) in [6, 6.07) is 14.2. The van der Waals surface area contributed by atoms with Crippen molar-refractivity contribution in [1.29, 1.82) is 0 Å². The maximum atomic E-state index is 12.4. The SMILES string of the molecule is CC(C)(C)c1ccc(C(=O)Nc2ccc(C(CCC(=O)O)=NO)cc2)cc1. The van der Waals surface area contributed by atoms with Crippen LogP contribution in [0, 0.1) is 0 Å². The van der Waals surface area contributed by atoms with Crippen LogP contribution in [0.15, 0.2) is 53.7 Å². The van der Waals surface area contributed by atoms with E-state index >= 15 is 0 Å². The number of carbonyl (C=O) groups excluding carboxylic acids is 1. The number of benzene rings is 2. The van der Waals surface area contributed by atoms with Crippen molar-refractivity contribution in [2.75, 3.05) is 5.32 Å². The molecule has 0 spiro atoms. The third kappa shape index (κ3) is 5.67. The van der Waals surface area contributed by atoms with Crippen LogP contribution in [0.3, 0.4) is 0 Å². The Morgan fingerprint density at radius 1 is 0.926 bits per heavy atom. The lowest BCUT2D eigenvalue weighted by molar-refractivity contribution is -0.136. The number of hydrogen-bond acceptors (Lipinski definition) is 4.